The summed E-state index contributed by atoms with van der Waals surface area (Å²) in [5, 5.41) is 6.92. The molecule has 0 unspecified atom stereocenters. The molecule has 1 aliphatic heterocycles. The second kappa shape index (κ2) is 5.46. The van der Waals surface area contributed by atoms with Gasteiger partial charge in [-0.1, -0.05) is 0 Å². The molecule has 1 fully saturated rings. The Balaban J connectivity index is 1.79. The summed E-state index contributed by atoms with van der Waals surface area (Å²) in [6.07, 6.45) is 2.72. The Bertz CT molecular complexity index is 353. The van der Waals surface area contributed by atoms with Crippen LogP contribution in [0.15, 0.2) is 5.38 Å². The fraction of sp³-hybridized carbons (Fsp3) is 0.769. The Kier molecular flexibility index (Phi) is 4.17. The van der Waals surface area contributed by atoms with Crippen LogP contribution in [0.4, 0.5) is 0 Å². The molecule has 1 aromatic heterocycles. The SMILES string of the molecule is Cc1nc(CNC(C)(C)CN2CCCC2)cs1. The first-order valence-electron chi connectivity index (χ1n) is 6.44. The first-order valence-corrected chi connectivity index (χ1v) is 7.31. The van der Waals surface area contributed by atoms with E-state index in [1.807, 2.05) is 0 Å². The lowest BCUT2D eigenvalue weighted by atomic mass is 10.1. The summed E-state index contributed by atoms with van der Waals surface area (Å²) in [6.45, 7) is 11.2. The van der Waals surface area contributed by atoms with E-state index in [4.69, 9.17) is 0 Å². The van der Waals surface area contributed by atoms with E-state index >= 15 is 0 Å². The molecule has 0 bridgehead atoms. The highest BCUT2D eigenvalue weighted by Gasteiger charge is 2.23. The molecule has 0 aromatic carbocycles. The third-order valence-corrected chi connectivity index (χ3v) is 4.05. The van der Waals surface area contributed by atoms with E-state index in [1.165, 1.54) is 31.6 Å². The van der Waals surface area contributed by atoms with Crippen molar-refractivity contribution >= 4 is 11.3 Å². The molecule has 2 rings (SSSR count). The quantitative estimate of drug-likeness (QED) is 0.873. The van der Waals surface area contributed by atoms with Crippen LogP contribution < -0.4 is 5.32 Å². The van der Waals surface area contributed by atoms with Crippen molar-refractivity contribution in [1.82, 2.24) is 15.2 Å². The molecule has 3 nitrogen and oxygen atoms in total. The van der Waals surface area contributed by atoms with Crippen molar-refractivity contribution in [2.24, 2.45) is 0 Å². The van der Waals surface area contributed by atoms with E-state index in [2.05, 4.69) is 41.4 Å². The number of rotatable bonds is 5. The van der Waals surface area contributed by atoms with Crippen LogP contribution in [0.25, 0.3) is 0 Å². The molecule has 17 heavy (non-hydrogen) atoms. The van der Waals surface area contributed by atoms with Gasteiger partial charge in [-0.3, -0.25) is 0 Å². The van der Waals surface area contributed by atoms with Gasteiger partial charge < -0.3 is 10.2 Å². The van der Waals surface area contributed by atoms with Gasteiger partial charge in [-0.25, -0.2) is 4.98 Å². The average Bonchev–Trinajstić information content (AvgIpc) is 2.86. The largest absolute Gasteiger partial charge is 0.305 e. The normalized spacial score (nSPS) is 17.8. The Morgan fingerprint density at radius 1 is 1.41 bits per heavy atom. The predicted molar refractivity (Wildman–Crippen MR) is 73.4 cm³/mol. The number of hydrogen-bond donors (Lipinski definition) is 1. The molecule has 0 amide bonds. The zero-order chi connectivity index (χ0) is 12.3. The third kappa shape index (κ3) is 4.05. The highest BCUT2D eigenvalue weighted by atomic mass is 32.1. The number of hydrogen-bond acceptors (Lipinski definition) is 4. The van der Waals surface area contributed by atoms with Crippen LogP contribution >= 0.6 is 11.3 Å². The molecule has 0 radical (unpaired) electrons. The van der Waals surface area contributed by atoms with Crippen LogP contribution in [0.5, 0.6) is 0 Å². The average molecular weight is 253 g/mol. The van der Waals surface area contributed by atoms with Crippen LogP contribution in [0.2, 0.25) is 0 Å². The summed E-state index contributed by atoms with van der Waals surface area (Å²) in [5.74, 6) is 0. The molecule has 0 spiro atoms. The van der Waals surface area contributed by atoms with Crippen LogP contribution in [0, 0.1) is 6.92 Å². The summed E-state index contributed by atoms with van der Waals surface area (Å²) < 4.78 is 0. The van der Waals surface area contributed by atoms with Gasteiger partial charge in [0.15, 0.2) is 0 Å². The zero-order valence-corrected chi connectivity index (χ0v) is 11.9. The predicted octanol–water partition coefficient (Wildman–Crippen LogP) is 2.42. The molecule has 1 aliphatic rings. The smallest absolute Gasteiger partial charge is 0.0897 e. The lowest BCUT2D eigenvalue weighted by molar-refractivity contribution is 0.233. The topological polar surface area (TPSA) is 28.2 Å². The van der Waals surface area contributed by atoms with Crippen molar-refractivity contribution in [3.63, 3.8) is 0 Å². The highest BCUT2D eigenvalue weighted by Crippen LogP contribution is 2.14. The maximum Gasteiger partial charge on any atom is 0.0897 e. The number of nitrogens with one attached hydrogen (secondary N) is 1. The minimum absolute atomic E-state index is 0.169. The van der Waals surface area contributed by atoms with Gasteiger partial charge in [0.05, 0.1) is 10.7 Å². The Labute approximate surface area is 108 Å². The number of likely N-dealkylation sites (tertiary alicyclic amines) is 1. The number of thiazole rings is 1. The van der Waals surface area contributed by atoms with Crippen LogP contribution in [0.3, 0.4) is 0 Å². The molecule has 0 aliphatic carbocycles. The molecule has 1 aromatic rings. The van der Waals surface area contributed by atoms with Crippen molar-refractivity contribution < 1.29 is 0 Å². The third-order valence-electron chi connectivity index (χ3n) is 3.23. The molecule has 4 heteroatoms. The molecule has 0 saturated carbocycles. The van der Waals surface area contributed by atoms with Crippen molar-refractivity contribution in [2.45, 2.75) is 45.7 Å². The van der Waals surface area contributed by atoms with Gasteiger partial charge in [-0.05, 0) is 46.7 Å². The fourth-order valence-electron chi connectivity index (χ4n) is 2.37. The van der Waals surface area contributed by atoms with E-state index in [0.717, 1.165) is 18.1 Å². The molecular formula is C13H23N3S. The molecule has 2 heterocycles. The monoisotopic (exact) mass is 253 g/mol. The molecule has 0 atom stereocenters. The van der Waals surface area contributed by atoms with Gasteiger partial charge in [0.2, 0.25) is 0 Å². The lowest BCUT2D eigenvalue weighted by Crippen LogP contribution is -2.48. The molecule has 1 N–H and O–H groups in total. The summed E-state index contributed by atoms with van der Waals surface area (Å²) in [6, 6.07) is 0. The Morgan fingerprint density at radius 2 is 2.12 bits per heavy atom. The van der Waals surface area contributed by atoms with E-state index in [1.54, 1.807) is 11.3 Å². The maximum atomic E-state index is 4.49. The highest BCUT2D eigenvalue weighted by molar-refractivity contribution is 7.09. The maximum absolute atomic E-state index is 4.49. The van der Waals surface area contributed by atoms with Gasteiger partial charge in [0.25, 0.3) is 0 Å². The van der Waals surface area contributed by atoms with Gasteiger partial charge in [-0.2, -0.15) is 0 Å². The van der Waals surface area contributed by atoms with E-state index in [9.17, 15) is 0 Å². The van der Waals surface area contributed by atoms with Crippen LogP contribution in [0.1, 0.15) is 37.4 Å². The summed E-state index contributed by atoms with van der Waals surface area (Å²) in [4.78, 5) is 7.04. The second-order valence-electron chi connectivity index (χ2n) is 5.58. The molecule has 1 saturated heterocycles. The van der Waals surface area contributed by atoms with Crippen molar-refractivity contribution in [1.29, 1.82) is 0 Å². The van der Waals surface area contributed by atoms with Crippen molar-refractivity contribution in [3.05, 3.63) is 16.1 Å². The zero-order valence-electron chi connectivity index (χ0n) is 11.1. The first-order chi connectivity index (χ1) is 8.05. The fourth-order valence-corrected chi connectivity index (χ4v) is 2.99. The molecular weight excluding hydrogens is 230 g/mol. The van der Waals surface area contributed by atoms with E-state index in [-0.39, 0.29) is 5.54 Å². The Morgan fingerprint density at radius 3 is 2.71 bits per heavy atom. The minimum Gasteiger partial charge on any atom is -0.305 e. The van der Waals surface area contributed by atoms with Gasteiger partial charge >= 0.3 is 0 Å². The minimum atomic E-state index is 0.169. The van der Waals surface area contributed by atoms with E-state index in [0.29, 0.717) is 0 Å². The summed E-state index contributed by atoms with van der Waals surface area (Å²) in [5.41, 5.74) is 1.34. The number of nitrogens with zero attached hydrogens (tertiary/aromatic N) is 2. The van der Waals surface area contributed by atoms with Crippen LogP contribution in [-0.4, -0.2) is 35.1 Å². The molecule has 96 valence electrons. The summed E-state index contributed by atoms with van der Waals surface area (Å²) in [7, 11) is 0. The van der Waals surface area contributed by atoms with E-state index < -0.39 is 0 Å². The van der Waals surface area contributed by atoms with Gasteiger partial charge in [0, 0.05) is 24.0 Å². The van der Waals surface area contributed by atoms with Crippen molar-refractivity contribution in [2.75, 3.05) is 19.6 Å². The van der Waals surface area contributed by atoms with Crippen molar-refractivity contribution in [3.8, 4) is 0 Å². The summed E-state index contributed by atoms with van der Waals surface area (Å²) >= 11 is 1.73. The van der Waals surface area contributed by atoms with Crippen LogP contribution in [-0.2, 0) is 6.54 Å². The van der Waals surface area contributed by atoms with Gasteiger partial charge in [0.1, 0.15) is 0 Å². The standard InChI is InChI=1S/C13H23N3S/c1-11-15-12(9-17-11)8-14-13(2,3)10-16-6-4-5-7-16/h9,14H,4-8,10H2,1-3H3. The lowest BCUT2D eigenvalue weighted by Gasteiger charge is -2.31. The number of aryl methyl sites for hydroxylation is 1. The Hall–Kier alpha value is -0.450. The van der Waals surface area contributed by atoms with Gasteiger partial charge in [-0.15, -0.1) is 11.3 Å². The second-order valence-corrected chi connectivity index (χ2v) is 6.64. The first kappa shape index (κ1) is 13.0. The number of aromatic nitrogens is 1.